The molecule has 3 aliphatic rings. The third-order valence-corrected chi connectivity index (χ3v) is 6.77. The Morgan fingerprint density at radius 1 is 1.11 bits per heavy atom. The normalized spacial score (nSPS) is 43.1. The van der Waals surface area contributed by atoms with Crippen LogP contribution in [0, 0.1) is 5.92 Å². The minimum atomic E-state index is -1.91. The first-order chi connectivity index (χ1) is 16.6. The van der Waals surface area contributed by atoms with Crippen LogP contribution in [0.1, 0.15) is 18.9 Å². The van der Waals surface area contributed by atoms with Crippen molar-refractivity contribution < 1.29 is 54.4 Å². The molecule has 192 valence electrons. The number of hydrogen-bond donors (Lipinski definition) is 6. The molecule has 2 aliphatic heterocycles. The number of hydrogen-bond acceptors (Lipinski definition) is 11. The molecule has 0 radical (unpaired) electrons. The van der Waals surface area contributed by atoms with Crippen LogP contribution in [0.15, 0.2) is 48.7 Å². The van der Waals surface area contributed by atoms with Crippen molar-refractivity contribution in [3.63, 3.8) is 0 Å². The van der Waals surface area contributed by atoms with E-state index in [-0.39, 0.29) is 6.42 Å². The maximum absolute atomic E-state index is 12.6. The Labute approximate surface area is 201 Å². The fourth-order valence-electron chi connectivity index (χ4n) is 4.92. The van der Waals surface area contributed by atoms with Crippen molar-refractivity contribution in [3.05, 3.63) is 54.3 Å². The summed E-state index contributed by atoms with van der Waals surface area (Å²) in [7, 11) is 0. The Balaban J connectivity index is 1.55. The van der Waals surface area contributed by atoms with Crippen molar-refractivity contribution in [2.45, 2.75) is 67.6 Å². The average Bonchev–Trinajstić information content (AvgIpc) is 3.03. The van der Waals surface area contributed by atoms with Gasteiger partial charge in [0.05, 0.1) is 24.9 Å². The molecule has 9 unspecified atom stereocenters. The SMILES string of the molecule is CC1(OC(=O)/C=C/c2ccccc2)CC(O)[C@@]2(O)C=COC(OC3OC(CO)C(O)C(O)C3O)C12. The zero-order chi connectivity index (χ0) is 25.4. The van der Waals surface area contributed by atoms with Gasteiger partial charge >= 0.3 is 5.97 Å². The first-order valence-electron chi connectivity index (χ1n) is 11.2. The van der Waals surface area contributed by atoms with Crippen molar-refractivity contribution in [3.8, 4) is 0 Å². The van der Waals surface area contributed by atoms with E-state index in [0.29, 0.717) is 0 Å². The first-order valence-corrected chi connectivity index (χ1v) is 11.2. The molecule has 11 heteroatoms. The van der Waals surface area contributed by atoms with Crippen LogP contribution in [0.25, 0.3) is 6.08 Å². The number of carbonyl (C=O) groups excluding carboxylic acids is 1. The van der Waals surface area contributed by atoms with Crippen LogP contribution in [0.5, 0.6) is 0 Å². The van der Waals surface area contributed by atoms with Gasteiger partial charge in [0.25, 0.3) is 0 Å². The number of ether oxygens (including phenoxy) is 4. The monoisotopic (exact) mass is 494 g/mol. The van der Waals surface area contributed by atoms with Gasteiger partial charge in [-0.2, -0.15) is 0 Å². The highest BCUT2D eigenvalue weighted by atomic mass is 16.8. The zero-order valence-corrected chi connectivity index (χ0v) is 19.0. The molecule has 1 aliphatic carbocycles. The highest BCUT2D eigenvalue weighted by Crippen LogP contribution is 2.51. The van der Waals surface area contributed by atoms with E-state index in [0.717, 1.165) is 11.8 Å². The number of benzene rings is 1. The fourth-order valence-corrected chi connectivity index (χ4v) is 4.92. The molecule has 2 heterocycles. The number of aliphatic hydroxyl groups excluding tert-OH is 5. The molecule has 11 nitrogen and oxygen atoms in total. The second kappa shape index (κ2) is 9.96. The summed E-state index contributed by atoms with van der Waals surface area (Å²) < 4.78 is 22.3. The predicted octanol–water partition coefficient (Wildman–Crippen LogP) is -1.20. The lowest BCUT2D eigenvalue weighted by atomic mass is 9.81. The van der Waals surface area contributed by atoms with Crippen LogP contribution in [-0.4, -0.2) is 97.5 Å². The Kier molecular flexibility index (Phi) is 7.32. The van der Waals surface area contributed by atoms with Gasteiger partial charge in [-0.25, -0.2) is 4.79 Å². The quantitative estimate of drug-likeness (QED) is 0.207. The van der Waals surface area contributed by atoms with E-state index in [1.807, 2.05) is 18.2 Å². The number of rotatable bonds is 6. The van der Waals surface area contributed by atoms with E-state index in [1.165, 1.54) is 19.1 Å². The lowest BCUT2D eigenvalue weighted by Crippen LogP contribution is -2.62. The molecule has 6 N–H and O–H groups in total. The van der Waals surface area contributed by atoms with Crippen LogP contribution >= 0.6 is 0 Å². The Hall–Kier alpha value is -2.35. The summed E-state index contributed by atoms with van der Waals surface area (Å²) in [6.45, 7) is 0.852. The Morgan fingerprint density at radius 3 is 2.51 bits per heavy atom. The van der Waals surface area contributed by atoms with E-state index >= 15 is 0 Å². The maximum atomic E-state index is 12.6. The molecule has 1 aromatic rings. The van der Waals surface area contributed by atoms with Gasteiger partial charge in [0, 0.05) is 12.5 Å². The summed E-state index contributed by atoms with van der Waals surface area (Å²) in [6.07, 6.45) is -5.57. The molecule has 0 bridgehead atoms. The molecule has 1 aromatic carbocycles. The summed E-state index contributed by atoms with van der Waals surface area (Å²) in [5.41, 5.74) is -2.62. The number of esters is 1. The standard InChI is InChI=1S/C24H30O11/c1-23(35-16(27)8-7-13-5-3-2-4-6-13)11-15(26)24(31)9-10-32-22(20(23)24)34-21-19(30)18(29)17(28)14(12-25)33-21/h2-10,14-15,17-22,25-26,28-31H,11-12H2,1H3/b8-7+/t14?,15?,17?,18?,19?,20?,21?,22?,23?,24-/m0/s1. The van der Waals surface area contributed by atoms with Crippen molar-refractivity contribution in [2.24, 2.45) is 5.92 Å². The molecular formula is C24H30O11. The van der Waals surface area contributed by atoms with Gasteiger partial charge in [-0.05, 0) is 24.6 Å². The topological polar surface area (TPSA) is 175 Å². The minimum Gasteiger partial charge on any atom is -0.472 e. The number of carbonyl (C=O) groups is 1. The van der Waals surface area contributed by atoms with Crippen LogP contribution in [0.4, 0.5) is 0 Å². The summed E-state index contributed by atoms with van der Waals surface area (Å²) in [4.78, 5) is 12.6. The molecule has 4 rings (SSSR count). The largest absolute Gasteiger partial charge is 0.472 e. The van der Waals surface area contributed by atoms with Crippen LogP contribution in [0.3, 0.4) is 0 Å². The third-order valence-electron chi connectivity index (χ3n) is 6.77. The van der Waals surface area contributed by atoms with Crippen LogP contribution in [0.2, 0.25) is 0 Å². The second-order valence-corrected chi connectivity index (χ2v) is 9.20. The van der Waals surface area contributed by atoms with Gasteiger partial charge in [0.15, 0.2) is 6.29 Å². The van der Waals surface area contributed by atoms with Gasteiger partial charge in [-0.3, -0.25) is 0 Å². The van der Waals surface area contributed by atoms with Gasteiger partial charge in [0.2, 0.25) is 6.29 Å². The summed E-state index contributed by atoms with van der Waals surface area (Å²) in [5.74, 6) is -1.90. The summed E-state index contributed by atoms with van der Waals surface area (Å²) >= 11 is 0. The number of aliphatic hydroxyl groups is 6. The highest BCUT2D eigenvalue weighted by Gasteiger charge is 2.66. The average molecular weight is 494 g/mol. The maximum Gasteiger partial charge on any atom is 0.331 e. The van der Waals surface area contributed by atoms with Gasteiger partial charge in [-0.15, -0.1) is 0 Å². The van der Waals surface area contributed by atoms with E-state index < -0.39 is 72.8 Å². The lowest BCUT2D eigenvalue weighted by molar-refractivity contribution is -0.351. The molecule has 1 saturated carbocycles. The second-order valence-electron chi connectivity index (χ2n) is 9.20. The minimum absolute atomic E-state index is 0.151. The van der Waals surface area contributed by atoms with Crippen molar-refractivity contribution in [1.29, 1.82) is 0 Å². The van der Waals surface area contributed by atoms with E-state index in [9.17, 15) is 35.4 Å². The third kappa shape index (κ3) is 4.86. The summed E-state index contributed by atoms with van der Waals surface area (Å²) in [5, 5.41) is 61.7. The lowest BCUT2D eigenvalue weighted by Gasteiger charge is -2.45. The number of fused-ring (bicyclic) bond motifs is 1. The molecule has 0 amide bonds. The Bertz CT molecular complexity index is 950. The molecule has 35 heavy (non-hydrogen) atoms. The highest BCUT2D eigenvalue weighted by molar-refractivity contribution is 5.87. The fraction of sp³-hybridized carbons (Fsp3) is 0.542. The van der Waals surface area contributed by atoms with Gasteiger partial charge in [0.1, 0.15) is 35.6 Å². The van der Waals surface area contributed by atoms with Gasteiger partial charge < -0.3 is 49.6 Å². The van der Waals surface area contributed by atoms with Crippen molar-refractivity contribution in [1.82, 2.24) is 0 Å². The molecule has 2 fully saturated rings. The molecule has 0 spiro atoms. The van der Waals surface area contributed by atoms with Crippen LogP contribution < -0.4 is 0 Å². The zero-order valence-electron chi connectivity index (χ0n) is 19.0. The van der Waals surface area contributed by atoms with E-state index in [4.69, 9.17) is 18.9 Å². The predicted molar refractivity (Wildman–Crippen MR) is 118 cm³/mol. The van der Waals surface area contributed by atoms with Crippen molar-refractivity contribution >= 4 is 12.0 Å². The molecular weight excluding hydrogens is 464 g/mol. The molecule has 10 atom stereocenters. The first kappa shape index (κ1) is 25.7. The molecule has 1 saturated heterocycles. The summed E-state index contributed by atoms with van der Waals surface area (Å²) in [6, 6.07) is 9.06. The molecule has 0 aromatic heterocycles. The van der Waals surface area contributed by atoms with E-state index in [1.54, 1.807) is 18.2 Å². The van der Waals surface area contributed by atoms with Gasteiger partial charge in [-0.1, -0.05) is 30.3 Å². The smallest absolute Gasteiger partial charge is 0.331 e. The Morgan fingerprint density at radius 2 is 1.83 bits per heavy atom. The van der Waals surface area contributed by atoms with E-state index in [2.05, 4.69) is 0 Å². The van der Waals surface area contributed by atoms with Crippen molar-refractivity contribution in [2.75, 3.05) is 6.61 Å². The van der Waals surface area contributed by atoms with Crippen LogP contribution in [-0.2, 0) is 23.7 Å².